The summed E-state index contributed by atoms with van der Waals surface area (Å²) in [6, 6.07) is 18.3. The number of thiophene rings is 1. The van der Waals surface area contributed by atoms with Gasteiger partial charge in [0, 0.05) is 4.88 Å². The van der Waals surface area contributed by atoms with Crippen molar-refractivity contribution in [3.63, 3.8) is 0 Å². The van der Waals surface area contributed by atoms with Gasteiger partial charge in [-0.1, -0.05) is 30.3 Å². The van der Waals surface area contributed by atoms with Gasteiger partial charge in [0.05, 0.1) is 9.99 Å². The summed E-state index contributed by atoms with van der Waals surface area (Å²) in [6.07, 6.45) is 1.56. The van der Waals surface area contributed by atoms with E-state index in [2.05, 4.69) is 27.9 Å². The molecule has 0 bridgehead atoms. The van der Waals surface area contributed by atoms with Gasteiger partial charge in [-0.3, -0.25) is 4.79 Å². The molecule has 0 saturated heterocycles. The highest BCUT2D eigenvalue weighted by molar-refractivity contribution is 14.1. The minimum Gasteiger partial charge on any atom is -0.477 e. The highest BCUT2D eigenvalue weighted by atomic mass is 127. The summed E-state index contributed by atoms with van der Waals surface area (Å²) in [4.78, 5) is 24.4. The van der Waals surface area contributed by atoms with E-state index in [4.69, 9.17) is 4.74 Å². The molecule has 0 saturated carbocycles. The maximum absolute atomic E-state index is 12.1. The van der Waals surface area contributed by atoms with Crippen LogP contribution >= 0.6 is 33.9 Å². The molecule has 7 heteroatoms. The minimum atomic E-state index is -1.20. The van der Waals surface area contributed by atoms with Crippen LogP contribution in [0.5, 0.6) is 11.5 Å². The predicted octanol–water partition coefficient (Wildman–Crippen LogP) is 4.93. The molecule has 0 unspecified atom stereocenters. The normalized spacial score (nSPS) is 11.1. The van der Waals surface area contributed by atoms with E-state index in [1.54, 1.807) is 24.3 Å². The lowest BCUT2D eigenvalue weighted by Crippen LogP contribution is -2.28. The van der Waals surface area contributed by atoms with Crippen LogP contribution in [0.15, 0.2) is 71.7 Å². The summed E-state index contributed by atoms with van der Waals surface area (Å²) in [5.41, 5.74) is 0.469. The van der Waals surface area contributed by atoms with E-state index in [1.807, 2.05) is 41.8 Å². The number of rotatable bonds is 7. The van der Waals surface area contributed by atoms with Crippen LogP contribution in [0.1, 0.15) is 10.4 Å². The van der Waals surface area contributed by atoms with E-state index in [0.29, 0.717) is 11.3 Å². The number of carbonyl (C=O) groups is 2. The predicted molar refractivity (Wildman–Crippen MR) is 117 cm³/mol. The molecule has 0 fully saturated rings. The fourth-order valence-electron chi connectivity index (χ4n) is 2.37. The molecular weight excluding hydrogens is 489 g/mol. The molecule has 142 valence electrons. The number of amides is 1. The Morgan fingerprint density at radius 1 is 1.07 bits per heavy atom. The van der Waals surface area contributed by atoms with E-state index in [0.717, 1.165) is 14.2 Å². The van der Waals surface area contributed by atoms with Crippen LogP contribution in [0, 0.1) is 3.57 Å². The summed E-state index contributed by atoms with van der Waals surface area (Å²) in [7, 11) is 0. The second-order valence-corrected chi connectivity index (χ2v) is 7.96. The van der Waals surface area contributed by atoms with Crippen LogP contribution < -0.4 is 10.1 Å². The fraction of sp³-hybridized carbons (Fsp3) is 0.0476. The van der Waals surface area contributed by atoms with Gasteiger partial charge in [-0.15, -0.1) is 11.3 Å². The van der Waals surface area contributed by atoms with Crippen molar-refractivity contribution in [1.82, 2.24) is 5.32 Å². The Bertz CT molecular complexity index is 998. The summed E-state index contributed by atoms with van der Waals surface area (Å²) in [6.45, 7) is 0. The first-order chi connectivity index (χ1) is 13.5. The lowest BCUT2D eigenvalue weighted by Gasteiger charge is -2.08. The number of hydrogen-bond acceptors (Lipinski definition) is 4. The third kappa shape index (κ3) is 5.67. The Balaban J connectivity index is 1.69. The van der Waals surface area contributed by atoms with Gasteiger partial charge in [-0.05, 0) is 69.9 Å². The summed E-state index contributed by atoms with van der Waals surface area (Å²) in [5.74, 6) is -0.174. The van der Waals surface area contributed by atoms with E-state index in [-0.39, 0.29) is 18.0 Å². The van der Waals surface area contributed by atoms with Crippen molar-refractivity contribution in [2.45, 2.75) is 6.42 Å². The monoisotopic (exact) mass is 505 g/mol. The Labute approximate surface area is 179 Å². The number of carboxylic acids is 1. The molecule has 0 atom stereocenters. The first-order valence-electron chi connectivity index (χ1n) is 8.31. The van der Waals surface area contributed by atoms with Crippen LogP contribution in [0.3, 0.4) is 0 Å². The number of hydrogen-bond donors (Lipinski definition) is 2. The van der Waals surface area contributed by atoms with Crippen LogP contribution in [0.25, 0.3) is 6.08 Å². The Hall–Kier alpha value is -2.65. The topological polar surface area (TPSA) is 75.6 Å². The lowest BCUT2D eigenvalue weighted by molar-refractivity contribution is -0.134. The van der Waals surface area contributed by atoms with Crippen molar-refractivity contribution in [2.75, 3.05) is 0 Å². The van der Waals surface area contributed by atoms with E-state index in [1.165, 1.54) is 17.4 Å². The molecule has 0 spiro atoms. The van der Waals surface area contributed by atoms with Gasteiger partial charge in [-0.25, -0.2) is 4.79 Å². The Morgan fingerprint density at radius 2 is 1.82 bits per heavy atom. The maximum atomic E-state index is 12.1. The number of aliphatic carboxylic acids is 1. The summed E-state index contributed by atoms with van der Waals surface area (Å²) < 4.78 is 6.82. The van der Waals surface area contributed by atoms with Crippen LogP contribution in [-0.2, 0) is 16.0 Å². The van der Waals surface area contributed by atoms with E-state index in [9.17, 15) is 14.7 Å². The smallest absolute Gasteiger partial charge is 0.352 e. The molecule has 2 aromatic carbocycles. The number of carboxylic acid groups (broad SMARTS) is 1. The molecule has 5 nitrogen and oxygen atoms in total. The maximum Gasteiger partial charge on any atom is 0.352 e. The van der Waals surface area contributed by atoms with Crippen molar-refractivity contribution in [2.24, 2.45) is 0 Å². The zero-order valence-electron chi connectivity index (χ0n) is 14.6. The molecule has 1 amide bonds. The first kappa shape index (κ1) is 20.1. The fourth-order valence-corrected chi connectivity index (χ4v) is 3.57. The van der Waals surface area contributed by atoms with Crippen molar-refractivity contribution in [3.05, 3.63) is 85.8 Å². The minimum absolute atomic E-state index is 0.144. The molecule has 3 rings (SSSR count). The van der Waals surface area contributed by atoms with Gasteiger partial charge < -0.3 is 15.2 Å². The van der Waals surface area contributed by atoms with Gasteiger partial charge in [0.15, 0.2) is 0 Å². The Morgan fingerprint density at radius 3 is 2.46 bits per heavy atom. The van der Waals surface area contributed by atoms with Crippen LogP contribution in [-0.4, -0.2) is 17.0 Å². The molecule has 0 radical (unpaired) electrons. The van der Waals surface area contributed by atoms with Gasteiger partial charge in [0.1, 0.15) is 17.2 Å². The molecule has 28 heavy (non-hydrogen) atoms. The zero-order valence-corrected chi connectivity index (χ0v) is 17.6. The van der Waals surface area contributed by atoms with Gasteiger partial charge in [-0.2, -0.15) is 0 Å². The Kier molecular flexibility index (Phi) is 6.83. The number of benzene rings is 2. The van der Waals surface area contributed by atoms with Gasteiger partial charge in [0.25, 0.3) is 0 Å². The molecule has 0 aliphatic heterocycles. The third-order valence-corrected chi connectivity index (χ3v) is 5.44. The lowest BCUT2D eigenvalue weighted by atomic mass is 10.2. The van der Waals surface area contributed by atoms with Crippen molar-refractivity contribution in [3.8, 4) is 11.5 Å². The summed E-state index contributed by atoms with van der Waals surface area (Å²) >= 11 is 3.65. The molecule has 1 heterocycles. The first-order valence-corrected chi connectivity index (χ1v) is 10.3. The van der Waals surface area contributed by atoms with Crippen molar-refractivity contribution in [1.29, 1.82) is 0 Å². The number of halogens is 1. The average Bonchev–Trinajstić information content (AvgIpc) is 3.17. The number of ether oxygens (including phenoxy) is 1. The van der Waals surface area contributed by atoms with Crippen molar-refractivity contribution < 1.29 is 19.4 Å². The zero-order chi connectivity index (χ0) is 19.9. The second kappa shape index (κ2) is 9.52. The number of carbonyl (C=O) groups excluding carboxylic acids is 1. The van der Waals surface area contributed by atoms with Crippen LogP contribution in [0.4, 0.5) is 0 Å². The molecule has 0 aliphatic rings. The molecule has 3 aromatic rings. The number of para-hydroxylation sites is 1. The van der Waals surface area contributed by atoms with Gasteiger partial charge >= 0.3 is 5.97 Å². The number of nitrogens with one attached hydrogen (secondary N) is 1. The highest BCUT2D eigenvalue weighted by Crippen LogP contribution is 2.26. The molecule has 0 aliphatic carbocycles. The van der Waals surface area contributed by atoms with Crippen molar-refractivity contribution >= 4 is 51.9 Å². The third-order valence-electron chi connectivity index (χ3n) is 3.67. The van der Waals surface area contributed by atoms with Gasteiger partial charge in [0.2, 0.25) is 5.91 Å². The largest absolute Gasteiger partial charge is 0.477 e. The molecule has 2 N–H and O–H groups in total. The molecular formula is C21H16INO4S. The van der Waals surface area contributed by atoms with Crippen LogP contribution in [0.2, 0.25) is 0 Å². The highest BCUT2D eigenvalue weighted by Gasteiger charge is 2.13. The molecule has 1 aromatic heterocycles. The second-order valence-electron chi connectivity index (χ2n) is 5.77. The van der Waals surface area contributed by atoms with E-state index < -0.39 is 5.97 Å². The SMILES string of the molecule is O=C(Cc1cccs1)NC(=Cc1ccc(Oc2ccccc2I)cc1)C(=O)O. The standard InChI is InChI=1S/C21H16INO4S/c22-17-5-1-2-6-19(17)27-15-9-7-14(8-10-15)12-18(21(25)26)23-20(24)13-16-4-3-11-28-16/h1-12H,13H2,(H,23,24)(H,25,26). The van der Waals surface area contributed by atoms with E-state index >= 15 is 0 Å². The summed E-state index contributed by atoms with van der Waals surface area (Å²) in [5, 5.41) is 13.7. The quantitative estimate of drug-likeness (QED) is 0.353. The average molecular weight is 505 g/mol.